The van der Waals surface area contributed by atoms with Crippen LogP contribution in [0.4, 0.5) is 0 Å². The molecule has 1 heterocycles. The molecular weight excluding hydrogens is 236 g/mol. The molecule has 0 radical (unpaired) electrons. The lowest BCUT2D eigenvalue weighted by molar-refractivity contribution is 0.488. The summed E-state index contributed by atoms with van der Waals surface area (Å²) in [6.45, 7) is 7.04. The zero-order valence-corrected chi connectivity index (χ0v) is 11.1. The Balaban J connectivity index is 2.34. The first-order chi connectivity index (χ1) is 8.03. The third-order valence-corrected chi connectivity index (χ3v) is 3.13. The quantitative estimate of drug-likeness (QED) is 0.671. The fourth-order valence-electron chi connectivity index (χ4n) is 1.92. The van der Waals surface area contributed by atoms with E-state index in [9.17, 15) is 0 Å². The molecule has 0 saturated heterocycles. The van der Waals surface area contributed by atoms with Gasteiger partial charge in [0, 0.05) is 18.9 Å². The van der Waals surface area contributed by atoms with Crippen LogP contribution in [-0.4, -0.2) is 17.5 Å². The van der Waals surface area contributed by atoms with Crippen LogP contribution in [0.2, 0.25) is 0 Å². The topological polar surface area (TPSA) is 38.1 Å². The number of aromatic nitrogens is 1. The van der Waals surface area contributed by atoms with Gasteiger partial charge in [0.05, 0.1) is 6.00 Å². The van der Waals surface area contributed by atoms with E-state index in [4.69, 9.17) is 16.0 Å². The molecule has 92 valence electrons. The van der Waals surface area contributed by atoms with Crippen LogP contribution in [0, 0.1) is 6.92 Å². The predicted octanol–water partition coefficient (Wildman–Crippen LogP) is 3.20. The number of aryl methyl sites for hydroxylation is 1. The van der Waals surface area contributed by atoms with Crippen molar-refractivity contribution >= 4 is 22.7 Å². The molecule has 0 spiro atoms. The number of fused-ring (bicyclic) bond motifs is 1. The van der Waals surface area contributed by atoms with Gasteiger partial charge in [-0.1, -0.05) is 19.9 Å². The maximum Gasteiger partial charge on any atom is 0.192 e. The molecule has 4 heteroatoms. The van der Waals surface area contributed by atoms with Crippen LogP contribution in [0.3, 0.4) is 0 Å². The summed E-state index contributed by atoms with van der Waals surface area (Å²) in [5.74, 6) is 0.703. The van der Waals surface area contributed by atoms with Crippen LogP contribution in [-0.2, 0) is 5.41 Å². The van der Waals surface area contributed by atoms with E-state index in [0.717, 1.165) is 17.6 Å². The van der Waals surface area contributed by atoms with E-state index in [1.807, 2.05) is 13.0 Å². The van der Waals surface area contributed by atoms with Crippen molar-refractivity contribution in [2.75, 3.05) is 12.5 Å². The summed E-state index contributed by atoms with van der Waals surface area (Å²) in [6, 6.07) is 6.63. The maximum absolute atomic E-state index is 5.65. The van der Waals surface area contributed by atoms with Crippen molar-refractivity contribution < 1.29 is 4.42 Å². The zero-order chi connectivity index (χ0) is 12.5. The number of nitrogens with one attached hydrogen (secondary N) is 1. The Morgan fingerprint density at radius 3 is 2.88 bits per heavy atom. The molecular formula is C13H17ClN2O. The van der Waals surface area contributed by atoms with E-state index in [1.54, 1.807) is 0 Å². The van der Waals surface area contributed by atoms with E-state index in [1.165, 1.54) is 5.56 Å². The lowest BCUT2D eigenvalue weighted by Crippen LogP contribution is -2.32. The van der Waals surface area contributed by atoms with Crippen molar-refractivity contribution in [2.24, 2.45) is 0 Å². The smallest absolute Gasteiger partial charge is 0.192 e. The summed E-state index contributed by atoms with van der Waals surface area (Å²) in [7, 11) is 0. The second-order valence-corrected chi connectivity index (χ2v) is 5.13. The van der Waals surface area contributed by atoms with Crippen LogP contribution in [0.15, 0.2) is 22.6 Å². The maximum atomic E-state index is 5.65. The van der Waals surface area contributed by atoms with E-state index >= 15 is 0 Å². The van der Waals surface area contributed by atoms with Crippen molar-refractivity contribution in [3.05, 3.63) is 29.7 Å². The molecule has 3 nitrogen and oxygen atoms in total. The van der Waals surface area contributed by atoms with Gasteiger partial charge in [-0.25, -0.2) is 4.98 Å². The Bertz CT molecular complexity index is 519. The first-order valence-electron chi connectivity index (χ1n) is 5.67. The molecule has 1 N–H and O–H groups in total. The second kappa shape index (κ2) is 4.67. The van der Waals surface area contributed by atoms with Crippen LogP contribution in [0.25, 0.3) is 11.1 Å². The molecule has 0 aliphatic carbocycles. The number of halogens is 1. The monoisotopic (exact) mass is 252 g/mol. The van der Waals surface area contributed by atoms with Crippen molar-refractivity contribution in [3.8, 4) is 0 Å². The summed E-state index contributed by atoms with van der Waals surface area (Å²) in [5, 5.41) is 3.16. The highest BCUT2D eigenvalue weighted by molar-refractivity contribution is 6.17. The number of benzene rings is 1. The molecule has 2 aromatic rings. The highest BCUT2D eigenvalue weighted by atomic mass is 35.5. The van der Waals surface area contributed by atoms with Crippen molar-refractivity contribution in [2.45, 2.75) is 26.2 Å². The highest BCUT2D eigenvalue weighted by Crippen LogP contribution is 2.26. The molecule has 0 atom stereocenters. The van der Waals surface area contributed by atoms with E-state index in [0.29, 0.717) is 11.9 Å². The molecule has 0 unspecified atom stereocenters. The third-order valence-electron chi connectivity index (χ3n) is 2.94. The highest BCUT2D eigenvalue weighted by Gasteiger charge is 2.21. The fourth-order valence-corrected chi connectivity index (χ4v) is 2.02. The Morgan fingerprint density at radius 2 is 2.18 bits per heavy atom. The molecule has 0 bridgehead atoms. The van der Waals surface area contributed by atoms with Crippen LogP contribution < -0.4 is 5.32 Å². The molecule has 0 aliphatic heterocycles. The molecule has 2 rings (SSSR count). The van der Waals surface area contributed by atoms with E-state index < -0.39 is 0 Å². The van der Waals surface area contributed by atoms with Crippen molar-refractivity contribution in [1.29, 1.82) is 0 Å². The van der Waals surface area contributed by atoms with Gasteiger partial charge < -0.3 is 9.73 Å². The number of rotatable bonds is 4. The van der Waals surface area contributed by atoms with Crippen LogP contribution in [0.5, 0.6) is 0 Å². The van der Waals surface area contributed by atoms with Crippen molar-refractivity contribution in [1.82, 2.24) is 10.3 Å². The second-order valence-electron chi connectivity index (χ2n) is 4.86. The summed E-state index contributed by atoms with van der Waals surface area (Å²) >= 11 is 5.65. The summed E-state index contributed by atoms with van der Waals surface area (Å²) < 4.78 is 5.55. The minimum absolute atomic E-state index is 0.0176. The van der Waals surface area contributed by atoms with Gasteiger partial charge in [0.15, 0.2) is 11.5 Å². The van der Waals surface area contributed by atoms with Gasteiger partial charge in [-0.05, 0) is 17.7 Å². The van der Waals surface area contributed by atoms with Gasteiger partial charge in [0.25, 0.3) is 0 Å². The number of hydrogen-bond donors (Lipinski definition) is 1. The molecule has 1 aromatic carbocycles. The number of nitrogens with zero attached hydrogens (tertiary/aromatic N) is 1. The average Bonchev–Trinajstić information content (AvgIpc) is 2.65. The summed E-state index contributed by atoms with van der Waals surface area (Å²) in [4.78, 5) is 4.30. The minimum Gasteiger partial charge on any atom is -0.441 e. The third kappa shape index (κ3) is 2.61. The largest absolute Gasteiger partial charge is 0.441 e. The summed E-state index contributed by atoms with van der Waals surface area (Å²) in [6.07, 6.45) is 0. The number of alkyl halides is 1. The number of hydrogen-bond acceptors (Lipinski definition) is 3. The average molecular weight is 253 g/mol. The van der Waals surface area contributed by atoms with Crippen LogP contribution >= 0.6 is 11.6 Å². The molecule has 1 aromatic heterocycles. The van der Waals surface area contributed by atoms with Gasteiger partial charge in [-0.15, -0.1) is 11.6 Å². The first-order valence-corrected chi connectivity index (χ1v) is 6.21. The predicted molar refractivity (Wildman–Crippen MR) is 70.5 cm³/mol. The van der Waals surface area contributed by atoms with Crippen molar-refractivity contribution in [3.63, 3.8) is 0 Å². The summed E-state index contributed by atoms with van der Waals surface area (Å²) in [5.41, 5.74) is 2.99. The lowest BCUT2D eigenvalue weighted by Gasteiger charge is -2.25. The Labute approximate surface area is 106 Å². The van der Waals surface area contributed by atoms with Gasteiger partial charge in [0.2, 0.25) is 0 Å². The van der Waals surface area contributed by atoms with E-state index in [2.05, 4.69) is 36.3 Å². The fraction of sp³-hybridized carbons (Fsp3) is 0.462. The molecule has 17 heavy (non-hydrogen) atoms. The lowest BCUT2D eigenvalue weighted by atomic mass is 9.84. The molecule has 0 aliphatic rings. The molecule has 0 amide bonds. The van der Waals surface area contributed by atoms with Gasteiger partial charge in [0.1, 0.15) is 5.52 Å². The Kier molecular flexibility index (Phi) is 3.40. The number of oxazole rings is 1. The SMILES string of the molecule is Cc1nc2ccc(C(C)(C)CNCCl)cc2o1. The van der Waals surface area contributed by atoms with Gasteiger partial charge in [-0.3, -0.25) is 0 Å². The standard InChI is InChI=1S/C13H17ClN2O/c1-9-16-11-5-4-10(6-12(11)17-9)13(2,3)7-15-8-14/h4-6,15H,7-8H2,1-3H3. The first kappa shape index (κ1) is 12.4. The van der Waals surface area contributed by atoms with Gasteiger partial charge in [-0.2, -0.15) is 0 Å². The Hall–Kier alpha value is -1.06. The van der Waals surface area contributed by atoms with Gasteiger partial charge >= 0.3 is 0 Å². The molecule has 0 saturated carbocycles. The van der Waals surface area contributed by atoms with E-state index in [-0.39, 0.29) is 5.41 Å². The Morgan fingerprint density at radius 1 is 1.41 bits per heavy atom. The normalized spacial score (nSPS) is 12.2. The van der Waals surface area contributed by atoms with Crippen LogP contribution in [0.1, 0.15) is 25.3 Å². The zero-order valence-electron chi connectivity index (χ0n) is 10.4. The minimum atomic E-state index is 0.0176. The molecule has 0 fully saturated rings.